The van der Waals surface area contributed by atoms with E-state index >= 15 is 0 Å². The Hall–Kier alpha value is -3.67. The topological polar surface area (TPSA) is 194 Å². The number of hydrogen-bond donors (Lipinski definition) is 7. The Balaban J connectivity index is 2.89. The van der Waals surface area contributed by atoms with Gasteiger partial charge in [-0.25, -0.2) is 0 Å². The van der Waals surface area contributed by atoms with Crippen LogP contribution in [0, 0.1) is 11.8 Å². The summed E-state index contributed by atoms with van der Waals surface area (Å²) >= 11 is 0. The lowest BCUT2D eigenvalue weighted by Crippen LogP contribution is -2.57. The summed E-state index contributed by atoms with van der Waals surface area (Å²) in [6, 6.07) is 3.78. The first-order valence-corrected chi connectivity index (χ1v) is 15.1. The van der Waals surface area contributed by atoms with Crippen molar-refractivity contribution in [1.82, 2.24) is 21.3 Å². The molecule has 0 aliphatic rings. The molecule has 242 valence electrons. The molecule has 0 saturated heterocycles. The van der Waals surface area contributed by atoms with Gasteiger partial charge in [0, 0.05) is 19.4 Å². The van der Waals surface area contributed by atoms with Crippen LogP contribution >= 0.6 is 0 Å². The van der Waals surface area contributed by atoms with Crippen molar-refractivity contribution in [2.75, 3.05) is 0 Å². The molecule has 0 spiro atoms. The number of rotatable bonds is 20. The van der Waals surface area contributed by atoms with E-state index in [2.05, 4.69) is 21.3 Å². The fourth-order valence-electron chi connectivity index (χ4n) is 4.49. The maximum atomic E-state index is 13.4. The number of carbonyl (C=O) groups excluding carboxylic acids is 4. The number of aliphatic hydroxyl groups excluding tert-OH is 1. The van der Waals surface area contributed by atoms with Gasteiger partial charge < -0.3 is 36.6 Å². The molecule has 0 radical (unpaired) electrons. The minimum atomic E-state index is -1.18. The Kier molecular flexibility index (Phi) is 16.9. The molecule has 0 aliphatic heterocycles. The molecule has 1 aromatic carbocycles. The number of phenols is 1. The molecule has 7 N–H and O–H groups in total. The number of benzene rings is 1. The number of carboxylic acids is 1. The summed E-state index contributed by atoms with van der Waals surface area (Å²) in [5, 5.41) is 40.1. The van der Waals surface area contributed by atoms with Gasteiger partial charge in [-0.2, -0.15) is 0 Å². The van der Waals surface area contributed by atoms with Gasteiger partial charge in [0.1, 0.15) is 17.8 Å². The first kappa shape index (κ1) is 37.4. The van der Waals surface area contributed by atoms with Gasteiger partial charge in [0.2, 0.25) is 23.6 Å². The Bertz CT molecular complexity index is 1050. The molecule has 1 aromatic rings. The normalized spacial score (nSPS) is 14.6. The largest absolute Gasteiger partial charge is 0.508 e. The van der Waals surface area contributed by atoms with E-state index in [1.807, 2.05) is 27.7 Å². The zero-order valence-corrected chi connectivity index (χ0v) is 26.0. The summed E-state index contributed by atoms with van der Waals surface area (Å²) in [4.78, 5) is 62.4. The third kappa shape index (κ3) is 14.9. The van der Waals surface area contributed by atoms with Crippen LogP contribution in [0.15, 0.2) is 24.3 Å². The van der Waals surface area contributed by atoms with Crippen LogP contribution in [0.3, 0.4) is 0 Å². The van der Waals surface area contributed by atoms with Gasteiger partial charge in [-0.3, -0.25) is 24.0 Å². The monoisotopic (exact) mass is 606 g/mol. The zero-order chi connectivity index (χ0) is 32.5. The van der Waals surface area contributed by atoms with Crippen molar-refractivity contribution in [3.05, 3.63) is 29.8 Å². The second-order valence-electron chi connectivity index (χ2n) is 11.5. The van der Waals surface area contributed by atoms with Crippen molar-refractivity contribution in [3.63, 3.8) is 0 Å². The highest BCUT2D eigenvalue weighted by Gasteiger charge is 2.32. The number of carbonyl (C=O) groups is 5. The minimum Gasteiger partial charge on any atom is -0.508 e. The van der Waals surface area contributed by atoms with Crippen molar-refractivity contribution in [1.29, 1.82) is 0 Å². The van der Waals surface area contributed by atoms with Crippen molar-refractivity contribution in [2.45, 2.75) is 117 Å². The SMILES string of the molecule is CCC[C@H](NC(=O)[C@@H](NC(=O)CCCC(=O)O)[C@@H](C)CC)C(=O)N[C@@H](CC(C)C)[C@@H](O)CC(=O)NCc1ccc(O)cc1. The van der Waals surface area contributed by atoms with Gasteiger partial charge in [0.25, 0.3) is 0 Å². The van der Waals surface area contributed by atoms with Crippen molar-refractivity contribution in [3.8, 4) is 5.75 Å². The van der Waals surface area contributed by atoms with Crippen LogP contribution in [0.4, 0.5) is 0 Å². The molecule has 1 rings (SSSR count). The van der Waals surface area contributed by atoms with E-state index in [-0.39, 0.29) is 49.8 Å². The fraction of sp³-hybridized carbons (Fsp3) is 0.645. The number of aliphatic carboxylic acids is 1. The molecule has 0 unspecified atom stereocenters. The van der Waals surface area contributed by atoms with Crippen molar-refractivity contribution in [2.24, 2.45) is 11.8 Å². The number of aliphatic hydroxyl groups is 1. The van der Waals surface area contributed by atoms with Crippen LogP contribution in [0.5, 0.6) is 5.75 Å². The van der Waals surface area contributed by atoms with Gasteiger partial charge in [-0.15, -0.1) is 0 Å². The van der Waals surface area contributed by atoms with Crippen molar-refractivity contribution < 1.29 is 39.3 Å². The maximum Gasteiger partial charge on any atom is 0.303 e. The first-order chi connectivity index (χ1) is 20.3. The van der Waals surface area contributed by atoms with Crippen LogP contribution in [-0.2, 0) is 30.5 Å². The number of hydrogen-bond acceptors (Lipinski definition) is 7. The van der Waals surface area contributed by atoms with E-state index in [0.29, 0.717) is 25.7 Å². The minimum absolute atomic E-state index is 0.0390. The molecule has 12 nitrogen and oxygen atoms in total. The van der Waals surface area contributed by atoms with Gasteiger partial charge in [-0.05, 0) is 48.8 Å². The predicted octanol–water partition coefficient (Wildman–Crippen LogP) is 2.36. The Morgan fingerprint density at radius 1 is 0.860 bits per heavy atom. The van der Waals surface area contributed by atoms with Crippen LogP contribution in [0.2, 0.25) is 0 Å². The molecule has 5 atom stereocenters. The number of aromatic hydroxyl groups is 1. The molecule has 0 bridgehead atoms. The highest BCUT2D eigenvalue weighted by molar-refractivity contribution is 5.92. The number of phenolic OH excluding ortho intramolecular Hbond substituents is 1. The average Bonchev–Trinajstić information content (AvgIpc) is 2.94. The number of nitrogens with one attached hydrogen (secondary N) is 4. The zero-order valence-electron chi connectivity index (χ0n) is 26.0. The second kappa shape index (κ2) is 19.5. The molecule has 4 amide bonds. The smallest absolute Gasteiger partial charge is 0.303 e. The van der Waals surface area contributed by atoms with E-state index in [1.165, 1.54) is 12.1 Å². The van der Waals surface area contributed by atoms with Crippen LogP contribution in [-0.4, -0.2) is 69.1 Å². The van der Waals surface area contributed by atoms with E-state index in [0.717, 1.165) is 5.56 Å². The predicted molar refractivity (Wildman–Crippen MR) is 162 cm³/mol. The lowest BCUT2D eigenvalue weighted by molar-refractivity contribution is -0.137. The van der Waals surface area contributed by atoms with E-state index in [9.17, 15) is 34.2 Å². The fourth-order valence-corrected chi connectivity index (χ4v) is 4.49. The quantitative estimate of drug-likeness (QED) is 0.117. The van der Waals surface area contributed by atoms with Gasteiger partial charge in [-0.1, -0.05) is 59.6 Å². The lowest BCUT2D eigenvalue weighted by atomic mass is 9.95. The molecular formula is C31H50N4O8. The highest BCUT2D eigenvalue weighted by Crippen LogP contribution is 2.14. The van der Waals surface area contributed by atoms with Crippen LogP contribution in [0.25, 0.3) is 0 Å². The maximum absolute atomic E-state index is 13.4. The average molecular weight is 607 g/mol. The molecule has 0 saturated carbocycles. The van der Waals surface area contributed by atoms with E-state index in [4.69, 9.17) is 5.11 Å². The Labute approximate surface area is 254 Å². The third-order valence-electron chi connectivity index (χ3n) is 7.15. The van der Waals surface area contributed by atoms with Crippen LogP contribution < -0.4 is 21.3 Å². The molecule has 0 aliphatic carbocycles. The molecular weight excluding hydrogens is 556 g/mol. The highest BCUT2D eigenvalue weighted by atomic mass is 16.4. The summed E-state index contributed by atoms with van der Waals surface area (Å²) in [6.07, 6.45) is 0.388. The standard InChI is InChI=1S/C31H50N4O8/c1-6-9-23(33-31(43)29(20(5)7-2)35-26(38)10-8-11-28(40)41)30(42)34-24(16-19(3)4)25(37)17-27(39)32-18-21-12-14-22(36)15-13-21/h12-15,19-20,23-25,29,36-37H,6-11,16-18H2,1-5H3,(H,32,39)(H,33,43)(H,34,42)(H,35,38)(H,40,41)/t20-,23-,24-,25-,29-/m0/s1. The molecule has 12 heteroatoms. The molecule has 0 fully saturated rings. The molecule has 0 aromatic heterocycles. The summed E-state index contributed by atoms with van der Waals surface area (Å²) in [6.45, 7) is 9.61. The van der Waals surface area contributed by atoms with Gasteiger partial charge in [0.15, 0.2) is 0 Å². The van der Waals surface area contributed by atoms with Gasteiger partial charge in [0.05, 0.1) is 18.6 Å². The number of carboxylic acid groups (broad SMARTS) is 1. The van der Waals surface area contributed by atoms with Crippen LogP contribution in [0.1, 0.15) is 91.5 Å². The third-order valence-corrected chi connectivity index (χ3v) is 7.15. The van der Waals surface area contributed by atoms with E-state index < -0.39 is 53.8 Å². The van der Waals surface area contributed by atoms with E-state index in [1.54, 1.807) is 19.1 Å². The Morgan fingerprint density at radius 3 is 2.07 bits per heavy atom. The number of amides is 4. The summed E-state index contributed by atoms with van der Waals surface area (Å²) < 4.78 is 0. The summed E-state index contributed by atoms with van der Waals surface area (Å²) in [5.74, 6) is -2.92. The molecule has 43 heavy (non-hydrogen) atoms. The lowest BCUT2D eigenvalue weighted by Gasteiger charge is -2.29. The second-order valence-corrected chi connectivity index (χ2v) is 11.5. The molecule has 0 heterocycles. The summed E-state index contributed by atoms with van der Waals surface area (Å²) in [7, 11) is 0. The van der Waals surface area contributed by atoms with Crippen molar-refractivity contribution >= 4 is 29.6 Å². The summed E-state index contributed by atoms with van der Waals surface area (Å²) in [5.41, 5.74) is 0.776. The first-order valence-electron chi connectivity index (χ1n) is 15.1. The Morgan fingerprint density at radius 2 is 1.51 bits per heavy atom. The van der Waals surface area contributed by atoms with Gasteiger partial charge >= 0.3 is 5.97 Å².